The quantitative estimate of drug-likeness (QED) is 0.348. The van der Waals surface area contributed by atoms with Gasteiger partial charge in [0, 0.05) is 50.5 Å². The van der Waals surface area contributed by atoms with Gasteiger partial charge in [-0.05, 0) is 17.7 Å². The smallest absolute Gasteiger partial charge is 0.325 e. The van der Waals surface area contributed by atoms with Crippen LogP contribution in [0.5, 0.6) is 0 Å². The van der Waals surface area contributed by atoms with Crippen LogP contribution in [0.4, 0.5) is 16.2 Å². The van der Waals surface area contributed by atoms with Crippen molar-refractivity contribution in [1.29, 1.82) is 0 Å². The Morgan fingerprint density at radius 1 is 0.939 bits per heavy atom. The van der Waals surface area contributed by atoms with Crippen LogP contribution in [0.1, 0.15) is 5.56 Å². The summed E-state index contributed by atoms with van der Waals surface area (Å²) in [4.78, 5) is 49.8. The van der Waals surface area contributed by atoms with E-state index in [1.807, 2.05) is 35.2 Å². The van der Waals surface area contributed by atoms with Gasteiger partial charge in [-0.15, -0.1) is 0 Å². The minimum Gasteiger partial charge on any atom is -0.454 e. The summed E-state index contributed by atoms with van der Waals surface area (Å²) >= 11 is 0. The van der Waals surface area contributed by atoms with Crippen molar-refractivity contribution in [3.8, 4) is 0 Å². The van der Waals surface area contributed by atoms with E-state index in [9.17, 15) is 24.5 Å². The molecule has 1 fully saturated rings. The topological polar surface area (TPSA) is 134 Å². The third kappa shape index (κ3) is 7.20. The number of piperazine rings is 1. The van der Waals surface area contributed by atoms with E-state index in [1.54, 1.807) is 17.0 Å². The first-order chi connectivity index (χ1) is 15.9. The Labute approximate surface area is 190 Å². The molecule has 0 spiro atoms. The van der Waals surface area contributed by atoms with Crippen LogP contribution in [-0.4, -0.2) is 67.1 Å². The molecule has 1 saturated heterocycles. The van der Waals surface area contributed by atoms with Gasteiger partial charge < -0.3 is 25.2 Å². The van der Waals surface area contributed by atoms with Gasteiger partial charge in [-0.3, -0.25) is 19.7 Å². The van der Waals surface area contributed by atoms with Crippen LogP contribution in [0.3, 0.4) is 0 Å². The minimum absolute atomic E-state index is 0.0255. The Morgan fingerprint density at radius 3 is 2.24 bits per heavy atom. The van der Waals surface area contributed by atoms with E-state index in [2.05, 4.69) is 10.6 Å². The van der Waals surface area contributed by atoms with Gasteiger partial charge in [0.15, 0.2) is 6.61 Å². The van der Waals surface area contributed by atoms with Crippen molar-refractivity contribution >= 4 is 29.3 Å². The zero-order chi connectivity index (χ0) is 23.6. The Hall–Kier alpha value is -4.15. The number of rotatable bonds is 8. The van der Waals surface area contributed by atoms with Crippen LogP contribution >= 0.6 is 0 Å². The molecule has 0 aliphatic carbocycles. The average molecular weight is 455 g/mol. The van der Waals surface area contributed by atoms with E-state index in [4.69, 9.17) is 4.74 Å². The maximum Gasteiger partial charge on any atom is 0.325 e. The Balaban J connectivity index is 1.32. The molecule has 11 heteroatoms. The highest BCUT2D eigenvalue weighted by molar-refractivity contribution is 5.83. The van der Waals surface area contributed by atoms with Crippen molar-refractivity contribution in [3.63, 3.8) is 0 Å². The Morgan fingerprint density at radius 2 is 1.61 bits per heavy atom. The minimum atomic E-state index is -0.706. The summed E-state index contributed by atoms with van der Waals surface area (Å²) in [7, 11) is 0. The molecule has 1 heterocycles. The molecule has 0 aromatic heterocycles. The largest absolute Gasteiger partial charge is 0.454 e. The fourth-order valence-electron chi connectivity index (χ4n) is 3.28. The maximum atomic E-state index is 12.3. The number of esters is 1. The van der Waals surface area contributed by atoms with E-state index in [0.29, 0.717) is 32.7 Å². The lowest BCUT2D eigenvalue weighted by molar-refractivity contribution is -0.384. The molecular formula is C22H25N5O6. The molecule has 33 heavy (non-hydrogen) atoms. The SMILES string of the molecule is O=C(NCC(=O)OCC(=O)N1CCN(c2ccc([N+](=O)[O-])cc2)CC1)NCc1ccccc1. The first kappa shape index (κ1) is 23.5. The number of hydrogen-bond donors (Lipinski definition) is 2. The van der Waals surface area contributed by atoms with E-state index < -0.39 is 23.5 Å². The fraction of sp³-hybridized carbons (Fsp3) is 0.318. The van der Waals surface area contributed by atoms with Crippen molar-refractivity contribution in [2.75, 3.05) is 44.2 Å². The number of nitrogens with zero attached hydrogens (tertiary/aromatic N) is 3. The van der Waals surface area contributed by atoms with Gasteiger partial charge in [0.2, 0.25) is 0 Å². The van der Waals surface area contributed by atoms with Crippen LogP contribution in [0.15, 0.2) is 54.6 Å². The molecule has 3 rings (SSSR count). The number of carbonyl (C=O) groups excluding carboxylic acids is 3. The van der Waals surface area contributed by atoms with Gasteiger partial charge in [-0.25, -0.2) is 4.79 Å². The van der Waals surface area contributed by atoms with Crippen molar-refractivity contribution in [2.24, 2.45) is 0 Å². The predicted molar refractivity (Wildman–Crippen MR) is 120 cm³/mol. The standard InChI is InChI=1S/C22H25N5O6/c28-20(16-33-21(29)15-24-22(30)23-14-17-4-2-1-3-5-17)26-12-10-25(11-13-26)18-6-8-19(9-7-18)27(31)32/h1-9H,10-16H2,(H2,23,24,30). The summed E-state index contributed by atoms with van der Waals surface area (Å²) < 4.78 is 4.97. The molecule has 0 radical (unpaired) electrons. The van der Waals surface area contributed by atoms with Gasteiger partial charge in [0.25, 0.3) is 11.6 Å². The lowest BCUT2D eigenvalue weighted by Gasteiger charge is -2.36. The number of hydrogen-bond acceptors (Lipinski definition) is 7. The molecule has 0 atom stereocenters. The van der Waals surface area contributed by atoms with Crippen LogP contribution in [0, 0.1) is 10.1 Å². The number of carbonyl (C=O) groups is 3. The van der Waals surface area contributed by atoms with E-state index in [0.717, 1.165) is 11.3 Å². The molecule has 1 aliphatic heterocycles. The average Bonchev–Trinajstić information content (AvgIpc) is 2.85. The summed E-state index contributed by atoms with van der Waals surface area (Å²) in [5, 5.41) is 15.8. The molecule has 3 amide bonds. The molecule has 2 aromatic carbocycles. The molecule has 11 nitrogen and oxygen atoms in total. The maximum absolute atomic E-state index is 12.3. The van der Waals surface area contributed by atoms with Gasteiger partial charge in [0.05, 0.1) is 4.92 Å². The van der Waals surface area contributed by atoms with Crippen LogP contribution in [0.25, 0.3) is 0 Å². The third-order valence-corrected chi connectivity index (χ3v) is 5.10. The van der Waals surface area contributed by atoms with Gasteiger partial charge >= 0.3 is 12.0 Å². The summed E-state index contributed by atoms with van der Waals surface area (Å²) in [6.45, 7) is 1.57. The molecular weight excluding hydrogens is 430 g/mol. The number of benzene rings is 2. The molecule has 1 aliphatic rings. The number of urea groups is 1. The molecule has 0 unspecified atom stereocenters. The molecule has 0 saturated carbocycles. The third-order valence-electron chi connectivity index (χ3n) is 5.10. The number of anilines is 1. The normalized spacial score (nSPS) is 13.2. The highest BCUT2D eigenvalue weighted by Gasteiger charge is 2.22. The lowest BCUT2D eigenvalue weighted by Crippen LogP contribution is -2.50. The first-order valence-corrected chi connectivity index (χ1v) is 10.4. The fourth-order valence-corrected chi connectivity index (χ4v) is 3.28. The molecule has 174 valence electrons. The predicted octanol–water partition coefficient (Wildman–Crippen LogP) is 1.29. The van der Waals surface area contributed by atoms with Gasteiger partial charge in [-0.2, -0.15) is 0 Å². The summed E-state index contributed by atoms with van der Waals surface area (Å²) in [6.07, 6.45) is 0. The van der Waals surface area contributed by atoms with Crippen molar-refractivity contribution in [2.45, 2.75) is 6.54 Å². The van der Waals surface area contributed by atoms with Crippen LogP contribution in [0.2, 0.25) is 0 Å². The second kappa shape index (κ2) is 11.5. The summed E-state index contributed by atoms with van der Waals surface area (Å²) in [5.74, 6) is -1.03. The second-order valence-electron chi connectivity index (χ2n) is 7.32. The summed E-state index contributed by atoms with van der Waals surface area (Å²) in [6, 6.07) is 15.1. The zero-order valence-corrected chi connectivity index (χ0v) is 17.9. The van der Waals surface area contributed by atoms with E-state index >= 15 is 0 Å². The van der Waals surface area contributed by atoms with E-state index in [1.165, 1.54) is 12.1 Å². The summed E-state index contributed by atoms with van der Waals surface area (Å²) in [5.41, 5.74) is 1.79. The number of non-ortho nitro benzene ring substituents is 1. The van der Waals surface area contributed by atoms with Crippen molar-refractivity contribution < 1.29 is 24.0 Å². The van der Waals surface area contributed by atoms with Gasteiger partial charge in [-0.1, -0.05) is 30.3 Å². The van der Waals surface area contributed by atoms with Crippen molar-refractivity contribution in [1.82, 2.24) is 15.5 Å². The number of nitro groups is 1. The number of ether oxygens (including phenoxy) is 1. The Bertz CT molecular complexity index is 975. The van der Waals surface area contributed by atoms with Gasteiger partial charge in [0.1, 0.15) is 6.54 Å². The molecule has 2 aromatic rings. The van der Waals surface area contributed by atoms with Crippen LogP contribution < -0.4 is 15.5 Å². The highest BCUT2D eigenvalue weighted by atomic mass is 16.6. The van der Waals surface area contributed by atoms with Crippen LogP contribution in [-0.2, 0) is 20.9 Å². The number of nitrogens with one attached hydrogen (secondary N) is 2. The first-order valence-electron chi connectivity index (χ1n) is 10.4. The highest BCUT2D eigenvalue weighted by Crippen LogP contribution is 2.20. The lowest BCUT2D eigenvalue weighted by atomic mass is 10.2. The second-order valence-corrected chi connectivity index (χ2v) is 7.32. The Kier molecular flexibility index (Phi) is 8.17. The molecule has 0 bridgehead atoms. The number of nitro benzene ring substituents is 1. The zero-order valence-electron chi connectivity index (χ0n) is 17.9. The monoisotopic (exact) mass is 455 g/mol. The van der Waals surface area contributed by atoms with E-state index in [-0.39, 0.29) is 18.1 Å². The van der Waals surface area contributed by atoms with Crippen molar-refractivity contribution in [3.05, 3.63) is 70.3 Å². The number of amides is 3. The molecule has 2 N–H and O–H groups in total.